The molecule has 1 heterocycles. The van der Waals surface area contributed by atoms with Crippen LogP contribution in [-0.2, 0) is 11.3 Å². The Balaban J connectivity index is 1.68. The summed E-state index contributed by atoms with van der Waals surface area (Å²) in [7, 11) is 3.32. The number of hydrogen-bond donors (Lipinski definition) is 0. The quantitative estimate of drug-likeness (QED) is 0.784. The minimum Gasteiger partial charge on any atom is -0.497 e. The van der Waals surface area contributed by atoms with Gasteiger partial charge in [0.05, 0.1) is 39.5 Å². The first-order valence-corrected chi connectivity index (χ1v) is 8.16. The molecule has 1 fully saturated rings. The van der Waals surface area contributed by atoms with Gasteiger partial charge in [0.25, 0.3) is 0 Å². The molecule has 0 N–H and O–H groups in total. The predicted octanol–water partition coefficient (Wildman–Crippen LogP) is 4.54. The van der Waals surface area contributed by atoms with Crippen molar-refractivity contribution in [2.75, 3.05) is 14.2 Å². The van der Waals surface area contributed by atoms with Crippen LogP contribution in [-0.4, -0.2) is 20.3 Å². The molecule has 0 unspecified atom stereocenters. The van der Waals surface area contributed by atoms with Crippen LogP contribution in [0.4, 0.5) is 0 Å². The highest BCUT2D eigenvalue weighted by Crippen LogP contribution is 2.36. The van der Waals surface area contributed by atoms with Crippen molar-refractivity contribution in [1.29, 1.82) is 0 Å². The molecule has 0 spiro atoms. The molecule has 2 atom stereocenters. The number of furan rings is 1. The van der Waals surface area contributed by atoms with Crippen LogP contribution in [0, 0.1) is 0 Å². The molecule has 4 nitrogen and oxygen atoms in total. The lowest BCUT2D eigenvalue weighted by Gasteiger charge is -2.31. The fraction of sp³-hybridized carbons (Fsp3) is 0.474. The van der Waals surface area contributed by atoms with Crippen molar-refractivity contribution < 1.29 is 18.6 Å². The van der Waals surface area contributed by atoms with Gasteiger partial charge < -0.3 is 18.6 Å². The largest absolute Gasteiger partial charge is 0.497 e. The summed E-state index contributed by atoms with van der Waals surface area (Å²) in [5, 5.41) is 0. The van der Waals surface area contributed by atoms with E-state index in [1.54, 1.807) is 20.5 Å². The Morgan fingerprint density at radius 2 is 1.78 bits per heavy atom. The van der Waals surface area contributed by atoms with Gasteiger partial charge in [-0.1, -0.05) is 12.8 Å². The molecule has 4 heteroatoms. The molecule has 0 radical (unpaired) electrons. The van der Waals surface area contributed by atoms with Gasteiger partial charge in [0.1, 0.15) is 11.5 Å². The summed E-state index contributed by atoms with van der Waals surface area (Å²) in [6.45, 7) is 0.562. The average molecular weight is 316 g/mol. The van der Waals surface area contributed by atoms with Gasteiger partial charge >= 0.3 is 0 Å². The summed E-state index contributed by atoms with van der Waals surface area (Å²) in [6.07, 6.45) is 8.55. The summed E-state index contributed by atoms with van der Waals surface area (Å²) in [5.74, 6) is 2.01. The third kappa shape index (κ3) is 3.88. The second-order valence-corrected chi connectivity index (χ2v) is 6.02. The van der Waals surface area contributed by atoms with E-state index in [1.807, 2.05) is 24.5 Å². The van der Waals surface area contributed by atoms with Crippen LogP contribution in [0.3, 0.4) is 0 Å². The van der Waals surface area contributed by atoms with Crippen molar-refractivity contribution >= 4 is 0 Å². The van der Waals surface area contributed by atoms with Crippen LogP contribution in [0.5, 0.6) is 11.5 Å². The molecule has 0 aliphatic heterocycles. The van der Waals surface area contributed by atoms with Crippen molar-refractivity contribution in [3.8, 4) is 11.5 Å². The fourth-order valence-electron chi connectivity index (χ4n) is 3.32. The summed E-state index contributed by atoms with van der Waals surface area (Å²) >= 11 is 0. The zero-order valence-electron chi connectivity index (χ0n) is 13.8. The molecule has 1 saturated carbocycles. The van der Waals surface area contributed by atoms with Gasteiger partial charge in [-0.05, 0) is 42.2 Å². The first-order chi connectivity index (χ1) is 11.3. The maximum Gasteiger partial charge on any atom is 0.122 e. The standard InChI is InChI=1S/C19H24O4/c1-20-16-9-14(10-17(11-16)21-2)12-23-19-6-4-3-5-18(19)15-7-8-22-13-15/h7-11,13,18-19H,3-6,12H2,1-2H3/t18-,19+/m1/s1. The van der Waals surface area contributed by atoms with E-state index >= 15 is 0 Å². The zero-order valence-corrected chi connectivity index (χ0v) is 13.8. The molecule has 23 heavy (non-hydrogen) atoms. The zero-order chi connectivity index (χ0) is 16.1. The van der Waals surface area contributed by atoms with E-state index in [1.165, 1.54) is 18.4 Å². The predicted molar refractivity (Wildman–Crippen MR) is 88.0 cm³/mol. The maximum atomic E-state index is 6.25. The van der Waals surface area contributed by atoms with Crippen LogP contribution in [0.25, 0.3) is 0 Å². The van der Waals surface area contributed by atoms with Crippen LogP contribution in [0.15, 0.2) is 41.2 Å². The van der Waals surface area contributed by atoms with Crippen molar-refractivity contribution in [3.05, 3.63) is 47.9 Å². The monoisotopic (exact) mass is 316 g/mol. The van der Waals surface area contributed by atoms with Gasteiger partial charge in [-0.3, -0.25) is 0 Å². The highest BCUT2D eigenvalue weighted by molar-refractivity contribution is 5.38. The number of ether oxygens (including phenoxy) is 3. The molecular weight excluding hydrogens is 292 g/mol. The smallest absolute Gasteiger partial charge is 0.122 e. The summed E-state index contributed by atoms with van der Waals surface area (Å²) in [4.78, 5) is 0. The van der Waals surface area contributed by atoms with Crippen LogP contribution in [0.1, 0.15) is 42.7 Å². The Morgan fingerprint density at radius 1 is 1.04 bits per heavy atom. The molecule has 1 aromatic carbocycles. The fourth-order valence-corrected chi connectivity index (χ4v) is 3.32. The van der Waals surface area contributed by atoms with Gasteiger partial charge in [-0.25, -0.2) is 0 Å². The van der Waals surface area contributed by atoms with Crippen molar-refractivity contribution in [1.82, 2.24) is 0 Å². The van der Waals surface area contributed by atoms with Gasteiger partial charge in [0.2, 0.25) is 0 Å². The Morgan fingerprint density at radius 3 is 2.43 bits per heavy atom. The maximum absolute atomic E-state index is 6.25. The minimum atomic E-state index is 0.235. The molecular formula is C19H24O4. The molecule has 0 amide bonds. The Hall–Kier alpha value is -1.94. The molecule has 0 saturated heterocycles. The van der Waals surface area contributed by atoms with E-state index in [0.717, 1.165) is 29.9 Å². The van der Waals surface area contributed by atoms with Gasteiger partial charge in [0.15, 0.2) is 0 Å². The second kappa shape index (κ2) is 7.55. The van der Waals surface area contributed by atoms with E-state index in [9.17, 15) is 0 Å². The van der Waals surface area contributed by atoms with E-state index in [4.69, 9.17) is 18.6 Å². The molecule has 1 aliphatic carbocycles. The topological polar surface area (TPSA) is 40.8 Å². The number of methoxy groups -OCH3 is 2. The molecule has 3 rings (SSSR count). The summed E-state index contributed by atoms with van der Waals surface area (Å²) in [5.41, 5.74) is 2.32. The molecule has 0 bridgehead atoms. The minimum absolute atomic E-state index is 0.235. The highest BCUT2D eigenvalue weighted by atomic mass is 16.5. The second-order valence-electron chi connectivity index (χ2n) is 6.02. The Kier molecular flexibility index (Phi) is 5.23. The summed E-state index contributed by atoms with van der Waals surface area (Å²) in [6, 6.07) is 7.93. The normalized spacial score (nSPS) is 21.1. The van der Waals surface area contributed by atoms with Gasteiger partial charge in [0, 0.05) is 12.0 Å². The highest BCUT2D eigenvalue weighted by Gasteiger charge is 2.28. The third-order valence-corrected chi connectivity index (χ3v) is 4.55. The first kappa shape index (κ1) is 15.9. The number of hydrogen-bond acceptors (Lipinski definition) is 4. The third-order valence-electron chi connectivity index (χ3n) is 4.55. The lowest BCUT2D eigenvalue weighted by molar-refractivity contribution is 0.00174. The van der Waals surface area contributed by atoms with Crippen LogP contribution < -0.4 is 9.47 Å². The van der Waals surface area contributed by atoms with Crippen LogP contribution >= 0.6 is 0 Å². The lowest BCUT2D eigenvalue weighted by Crippen LogP contribution is -2.25. The van der Waals surface area contributed by atoms with Crippen molar-refractivity contribution in [3.63, 3.8) is 0 Å². The SMILES string of the molecule is COc1cc(CO[C@H]2CCCC[C@@H]2c2ccoc2)cc(OC)c1. The van der Waals surface area contributed by atoms with Crippen LogP contribution in [0.2, 0.25) is 0 Å². The van der Waals surface area contributed by atoms with Gasteiger partial charge in [-0.2, -0.15) is 0 Å². The van der Waals surface area contributed by atoms with E-state index in [2.05, 4.69) is 6.07 Å². The van der Waals surface area contributed by atoms with E-state index < -0.39 is 0 Å². The number of benzene rings is 1. The van der Waals surface area contributed by atoms with E-state index in [0.29, 0.717) is 12.5 Å². The first-order valence-electron chi connectivity index (χ1n) is 8.16. The molecule has 2 aromatic rings. The lowest BCUT2D eigenvalue weighted by atomic mass is 9.82. The average Bonchev–Trinajstić information content (AvgIpc) is 3.14. The van der Waals surface area contributed by atoms with Crippen molar-refractivity contribution in [2.24, 2.45) is 0 Å². The number of rotatable bonds is 6. The molecule has 124 valence electrons. The van der Waals surface area contributed by atoms with E-state index in [-0.39, 0.29) is 6.10 Å². The summed E-state index contributed by atoms with van der Waals surface area (Å²) < 4.78 is 22.1. The van der Waals surface area contributed by atoms with Gasteiger partial charge in [-0.15, -0.1) is 0 Å². The molecule has 1 aliphatic rings. The Labute approximate surface area is 137 Å². The molecule has 1 aromatic heterocycles. The van der Waals surface area contributed by atoms with Crippen molar-refractivity contribution in [2.45, 2.75) is 44.3 Å². The Bertz CT molecular complexity index is 584.